The Balaban J connectivity index is 2.34. The molecule has 0 bridgehead atoms. The molecule has 1 aromatic rings. The van der Waals surface area contributed by atoms with Crippen LogP contribution in [0.2, 0.25) is 0 Å². The summed E-state index contributed by atoms with van der Waals surface area (Å²) in [5.74, 6) is -0.291. The molecular formula is C15H19FO2. The Morgan fingerprint density at radius 1 is 1.39 bits per heavy atom. The number of Topliss-reactive ketones (excluding diaryl/α,β-unsaturated/α-hetero) is 1. The Morgan fingerprint density at radius 2 is 2.06 bits per heavy atom. The fourth-order valence-electron chi connectivity index (χ4n) is 2.79. The van der Waals surface area contributed by atoms with Gasteiger partial charge in [-0.25, -0.2) is 4.39 Å². The van der Waals surface area contributed by atoms with Gasteiger partial charge in [-0.2, -0.15) is 0 Å². The van der Waals surface area contributed by atoms with Gasteiger partial charge >= 0.3 is 0 Å². The van der Waals surface area contributed by atoms with Gasteiger partial charge in [0.05, 0.1) is 0 Å². The summed E-state index contributed by atoms with van der Waals surface area (Å²) in [6.45, 7) is 4.21. The summed E-state index contributed by atoms with van der Waals surface area (Å²) in [4.78, 5) is 12.6. The van der Waals surface area contributed by atoms with E-state index in [1.807, 2.05) is 6.92 Å². The van der Waals surface area contributed by atoms with E-state index in [1.54, 1.807) is 13.0 Å². The lowest BCUT2D eigenvalue weighted by Gasteiger charge is -2.28. The van der Waals surface area contributed by atoms with Crippen molar-refractivity contribution in [1.82, 2.24) is 0 Å². The molecule has 0 spiro atoms. The average Bonchev–Trinajstić information content (AvgIpc) is 2.78. The quantitative estimate of drug-likeness (QED) is 0.762. The zero-order chi connectivity index (χ0) is 13.2. The molecule has 18 heavy (non-hydrogen) atoms. The maximum absolute atomic E-state index is 13.1. The normalized spacial score (nSPS) is 17.9. The van der Waals surface area contributed by atoms with Crippen LogP contribution in [-0.2, 0) is 4.74 Å². The van der Waals surface area contributed by atoms with Gasteiger partial charge in [0.25, 0.3) is 0 Å². The number of hydrogen-bond acceptors (Lipinski definition) is 2. The summed E-state index contributed by atoms with van der Waals surface area (Å²) in [5.41, 5.74) is 0.606. The lowest BCUT2D eigenvalue weighted by atomic mass is 9.89. The van der Waals surface area contributed by atoms with Crippen molar-refractivity contribution >= 4 is 5.78 Å². The number of ketones is 1. The number of halogens is 1. The minimum absolute atomic E-state index is 0.0133. The van der Waals surface area contributed by atoms with Crippen molar-refractivity contribution in [3.8, 4) is 0 Å². The summed E-state index contributed by atoms with van der Waals surface area (Å²) >= 11 is 0. The Morgan fingerprint density at radius 3 is 2.61 bits per heavy atom. The standard InChI is InChI=1S/C15H19FO2/c1-3-18-15(8-4-5-9-15)14(17)13-7-6-12(16)10-11(13)2/h6-7,10H,3-5,8-9H2,1-2H3. The third kappa shape index (κ3) is 2.32. The first-order valence-electron chi connectivity index (χ1n) is 6.54. The molecule has 3 heteroatoms. The highest BCUT2D eigenvalue weighted by atomic mass is 19.1. The molecule has 1 aromatic carbocycles. The van der Waals surface area contributed by atoms with E-state index in [4.69, 9.17) is 4.74 Å². The van der Waals surface area contributed by atoms with Crippen molar-refractivity contribution in [1.29, 1.82) is 0 Å². The number of ether oxygens (including phenoxy) is 1. The van der Waals surface area contributed by atoms with Gasteiger partial charge in [-0.3, -0.25) is 4.79 Å². The van der Waals surface area contributed by atoms with Gasteiger partial charge in [0, 0.05) is 12.2 Å². The Kier molecular flexibility index (Phi) is 3.81. The molecule has 0 N–H and O–H groups in total. The lowest BCUT2D eigenvalue weighted by Crippen LogP contribution is -2.39. The monoisotopic (exact) mass is 250 g/mol. The topological polar surface area (TPSA) is 26.3 Å². The summed E-state index contributed by atoms with van der Waals surface area (Å²) in [5, 5.41) is 0. The van der Waals surface area contributed by atoms with Crippen LogP contribution in [0.4, 0.5) is 4.39 Å². The number of hydrogen-bond donors (Lipinski definition) is 0. The number of benzene rings is 1. The fourth-order valence-corrected chi connectivity index (χ4v) is 2.79. The van der Waals surface area contributed by atoms with Gasteiger partial charge < -0.3 is 4.74 Å². The maximum atomic E-state index is 13.1. The van der Waals surface area contributed by atoms with Crippen molar-refractivity contribution in [2.75, 3.05) is 6.61 Å². The first-order valence-corrected chi connectivity index (χ1v) is 6.54. The molecule has 0 radical (unpaired) electrons. The molecule has 1 aliphatic carbocycles. The van der Waals surface area contributed by atoms with Crippen LogP contribution in [0, 0.1) is 12.7 Å². The maximum Gasteiger partial charge on any atom is 0.194 e. The molecule has 0 aliphatic heterocycles. The summed E-state index contributed by atoms with van der Waals surface area (Å²) in [6, 6.07) is 4.32. The summed E-state index contributed by atoms with van der Waals surface area (Å²) < 4.78 is 18.8. The molecule has 1 fully saturated rings. The van der Waals surface area contributed by atoms with Crippen molar-refractivity contribution in [2.45, 2.75) is 45.1 Å². The van der Waals surface area contributed by atoms with E-state index in [0.717, 1.165) is 25.7 Å². The number of aryl methyl sites for hydroxylation is 1. The van der Waals surface area contributed by atoms with Crippen molar-refractivity contribution in [2.24, 2.45) is 0 Å². The van der Waals surface area contributed by atoms with E-state index in [0.29, 0.717) is 17.7 Å². The Labute approximate surface area is 107 Å². The van der Waals surface area contributed by atoms with Crippen LogP contribution < -0.4 is 0 Å². The molecule has 0 aromatic heterocycles. The molecule has 0 atom stereocenters. The van der Waals surface area contributed by atoms with E-state index in [2.05, 4.69) is 0 Å². The predicted molar refractivity (Wildman–Crippen MR) is 68.3 cm³/mol. The lowest BCUT2D eigenvalue weighted by molar-refractivity contribution is -0.0164. The highest BCUT2D eigenvalue weighted by Crippen LogP contribution is 2.36. The summed E-state index contributed by atoms with van der Waals surface area (Å²) in [6.07, 6.45) is 3.59. The van der Waals surface area contributed by atoms with E-state index < -0.39 is 5.60 Å². The molecule has 0 heterocycles. The zero-order valence-corrected chi connectivity index (χ0v) is 11.0. The number of carbonyl (C=O) groups excluding carboxylic acids is 1. The predicted octanol–water partition coefficient (Wildman–Crippen LogP) is 3.67. The van der Waals surface area contributed by atoms with Crippen molar-refractivity contribution in [3.05, 3.63) is 35.1 Å². The molecule has 1 saturated carbocycles. The molecule has 1 aliphatic rings. The van der Waals surface area contributed by atoms with Gasteiger partial charge in [0.15, 0.2) is 5.78 Å². The van der Waals surface area contributed by atoms with Crippen LogP contribution in [0.3, 0.4) is 0 Å². The SMILES string of the molecule is CCOC1(C(=O)c2ccc(F)cc2C)CCCC1. The molecule has 2 rings (SSSR count). The molecule has 98 valence electrons. The van der Waals surface area contributed by atoms with E-state index >= 15 is 0 Å². The minimum Gasteiger partial charge on any atom is -0.367 e. The number of rotatable bonds is 4. The van der Waals surface area contributed by atoms with Crippen molar-refractivity contribution in [3.63, 3.8) is 0 Å². The molecule has 0 saturated heterocycles. The highest BCUT2D eigenvalue weighted by Gasteiger charge is 2.42. The Bertz CT molecular complexity index is 448. The van der Waals surface area contributed by atoms with Crippen LogP contribution in [-0.4, -0.2) is 18.0 Å². The van der Waals surface area contributed by atoms with Gasteiger partial charge in [0.2, 0.25) is 0 Å². The first-order chi connectivity index (χ1) is 8.59. The van der Waals surface area contributed by atoms with Crippen LogP contribution in [0.15, 0.2) is 18.2 Å². The second kappa shape index (κ2) is 5.19. The highest BCUT2D eigenvalue weighted by molar-refractivity contribution is 6.03. The molecular weight excluding hydrogens is 231 g/mol. The summed E-state index contributed by atoms with van der Waals surface area (Å²) in [7, 11) is 0. The number of carbonyl (C=O) groups is 1. The smallest absolute Gasteiger partial charge is 0.194 e. The van der Waals surface area contributed by atoms with Gasteiger partial charge in [0.1, 0.15) is 11.4 Å². The molecule has 0 unspecified atom stereocenters. The second-order valence-electron chi connectivity index (χ2n) is 4.92. The average molecular weight is 250 g/mol. The van der Waals surface area contributed by atoms with E-state index in [9.17, 15) is 9.18 Å². The minimum atomic E-state index is -0.669. The third-order valence-corrected chi connectivity index (χ3v) is 3.68. The largest absolute Gasteiger partial charge is 0.367 e. The van der Waals surface area contributed by atoms with Crippen molar-refractivity contribution < 1.29 is 13.9 Å². The van der Waals surface area contributed by atoms with Crippen LogP contribution in [0.25, 0.3) is 0 Å². The first kappa shape index (κ1) is 13.2. The van der Waals surface area contributed by atoms with Crippen LogP contribution in [0.1, 0.15) is 48.5 Å². The molecule has 0 amide bonds. The zero-order valence-electron chi connectivity index (χ0n) is 11.0. The van der Waals surface area contributed by atoms with E-state index in [1.165, 1.54) is 12.1 Å². The van der Waals surface area contributed by atoms with E-state index in [-0.39, 0.29) is 11.6 Å². The Hall–Kier alpha value is -1.22. The van der Waals surface area contributed by atoms with Gasteiger partial charge in [-0.05, 0) is 63.3 Å². The second-order valence-corrected chi connectivity index (χ2v) is 4.92. The van der Waals surface area contributed by atoms with Gasteiger partial charge in [-0.1, -0.05) is 0 Å². The molecule has 2 nitrogen and oxygen atoms in total. The fraction of sp³-hybridized carbons (Fsp3) is 0.533. The van der Waals surface area contributed by atoms with Gasteiger partial charge in [-0.15, -0.1) is 0 Å². The van der Waals surface area contributed by atoms with Crippen LogP contribution >= 0.6 is 0 Å². The van der Waals surface area contributed by atoms with Crippen LogP contribution in [0.5, 0.6) is 0 Å². The third-order valence-electron chi connectivity index (χ3n) is 3.68.